The van der Waals surface area contributed by atoms with Crippen LogP contribution in [0.2, 0.25) is 5.02 Å². The van der Waals surface area contributed by atoms with Gasteiger partial charge in [0.15, 0.2) is 0 Å². The summed E-state index contributed by atoms with van der Waals surface area (Å²) in [6, 6.07) is 3.27. The lowest BCUT2D eigenvalue weighted by atomic mass is 10.2. The minimum absolute atomic E-state index is 0.268. The van der Waals surface area contributed by atoms with Gasteiger partial charge < -0.3 is 11.1 Å². The third-order valence-corrected chi connectivity index (χ3v) is 3.75. The molecule has 0 radical (unpaired) electrons. The largest absolute Gasteiger partial charge is 0.417 e. The van der Waals surface area contributed by atoms with Crippen LogP contribution >= 0.6 is 11.6 Å². The van der Waals surface area contributed by atoms with Crippen LogP contribution in [-0.2, 0) is 17.5 Å². The first-order valence-electron chi connectivity index (χ1n) is 7.25. The van der Waals surface area contributed by atoms with Crippen molar-refractivity contribution in [3.05, 3.63) is 67.1 Å². The highest BCUT2D eigenvalue weighted by Gasteiger charge is 2.33. The molecule has 1 aromatic heterocycles. The summed E-state index contributed by atoms with van der Waals surface area (Å²) in [6.45, 7) is -0.815. The number of primary amides is 1. The number of hydrogen-bond donors (Lipinski definition) is 2. The Balaban J connectivity index is 2.32. The third kappa shape index (κ3) is 4.65. The molecule has 0 bridgehead atoms. The van der Waals surface area contributed by atoms with Crippen molar-refractivity contribution in [2.45, 2.75) is 12.7 Å². The van der Waals surface area contributed by atoms with E-state index in [9.17, 15) is 37.7 Å². The molecule has 9 nitrogen and oxygen atoms in total. The Morgan fingerprint density at radius 2 is 1.93 bits per heavy atom. The highest BCUT2D eigenvalue weighted by Crippen LogP contribution is 2.36. The Morgan fingerprint density at radius 1 is 1.29 bits per heavy atom. The number of rotatable bonds is 5. The van der Waals surface area contributed by atoms with E-state index in [2.05, 4.69) is 5.32 Å². The number of carbonyl (C=O) groups is 2. The van der Waals surface area contributed by atoms with Gasteiger partial charge in [0.1, 0.15) is 12.1 Å². The number of halogens is 4. The van der Waals surface area contributed by atoms with E-state index >= 15 is 0 Å². The molecule has 1 heterocycles. The lowest BCUT2D eigenvalue weighted by molar-refractivity contribution is -0.385. The number of anilines is 1. The maximum atomic E-state index is 12.9. The van der Waals surface area contributed by atoms with E-state index < -0.39 is 56.9 Å². The molecular formula is C15H10ClF3N4O5. The Morgan fingerprint density at radius 3 is 2.46 bits per heavy atom. The van der Waals surface area contributed by atoms with Crippen LogP contribution in [0.3, 0.4) is 0 Å². The summed E-state index contributed by atoms with van der Waals surface area (Å²) in [5.74, 6) is -2.22. The van der Waals surface area contributed by atoms with Gasteiger partial charge >= 0.3 is 6.18 Å². The predicted octanol–water partition coefficient (Wildman–Crippen LogP) is 2.17. The molecule has 2 amide bonds. The molecule has 1 aromatic carbocycles. The maximum Gasteiger partial charge on any atom is 0.417 e. The number of nitrogens with zero attached hydrogens (tertiary/aromatic N) is 2. The van der Waals surface area contributed by atoms with Crippen molar-refractivity contribution < 1.29 is 27.7 Å². The van der Waals surface area contributed by atoms with Gasteiger partial charge in [0.25, 0.3) is 17.2 Å². The molecule has 0 unspecified atom stereocenters. The molecule has 28 heavy (non-hydrogen) atoms. The number of nitrogens with two attached hydrogens (primary N) is 1. The summed E-state index contributed by atoms with van der Waals surface area (Å²) in [7, 11) is 0. The summed E-state index contributed by atoms with van der Waals surface area (Å²) in [4.78, 5) is 45.4. The molecule has 148 valence electrons. The normalized spacial score (nSPS) is 11.1. The zero-order valence-corrected chi connectivity index (χ0v) is 14.4. The van der Waals surface area contributed by atoms with Crippen LogP contribution in [0, 0.1) is 10.1 Å². The number of pyridine rings is 1. The summed E-state index contributed by atoms with van der Waals surface area (Å²) in [5, 5.41) is 12.4. The molecule has 0 aliphatic carbocycles. The first-order chi connectivity index (χ1) is 12.9. The zero-order chi connectivity index (χ0) is 21.2. The molecule has 2 rings (SSSR count). The molecule has 3 N–H and O–H groups in total. The second kappa shape index (κ2) is 7.68. The molecule has 0 aliphatic heterocycles. The van der Waals surface area contributed by atoms with Crippen LogP contribution in [-0.4, -0.2) is 21.3 Å². The van der Waals surface area contributed by atoms with Crippen LogP contribution in [0.5, 0.6) is 0 Å². The van der Waals surface area contributed by atoms with E-state index in [1.54, 1.807) is 0 Å². The van der Waals surface area contributed by atoms with E-state index in [1.807, 2.05) is 0 Å². The second-order valence-corrected chi connectivity index (χ2v) is 5.81. The quantitative estimate of drug-likeness (QED) is 0.566. The molecule has 0 fully saturated rings. The molecule has 0 saturated carbocycles. The van der Waals surface area contributed by atoms with E-state index in [4.69, 9.17) is 17.3 Å². The first-order valence-corrected chi connectivity index (χ1v) is 7.63. The topological polar surface area (TPSA) is 137 Å². The molecule has 0 saturated heterocycles. The van der Waals surface area contributed by atoms with Gasteiger partial charge in [-0.2, -0.15) is 13.2 Å². The number of alkyl halides is 3. The van der Waals surface area contributed by atoms with E-state index in [-0.39, 0.29) is 5.69 Å². The number of nitrogens with one attached hydrogen (secondary N) is 1. The van der Waals surface area contributed by atoms with Gasteiger partial charge in [0.05, 0.1) is 21.7 Å². The average molecular weight is 419 g/mol. The first kappa shape index (κ1) is 20.9. The van der Waals surface area contributed by atoms with E-state index in [0.29, 0.717) is 22.9 Å². The summed E-state index contributed by atoms with van der Waals surface area (Å²) >= 11 is 5.48. The Kier molecular flexibility index (Phi) is 5.73. The number of carbonyl (C=O) groups excluding carboxylic acids is 2. The van der Waals surface area contributed by atoms with Crippen molar-refractivity contribution in [1.82, 2.24) is 4.57 Å². The van der Waals surface area contributed by atoms with Crippen molar-refractivity contribution in [3.8, 4) is 0 Å². The lowest BCUT2D eigenvalue weighted by Gasteiger charge is -2.12. The number of hydrogen-bond acceptors (Lipinski definition) is 5. The highest BCUT2D eigenvalue weighted by molar-refractivity contribution is 6.31. The second-order valence-electron chi connectivity index (χ2n) is 5.41. The van der Waals surface area contributed by atoms with Gasteiger partial charge in [-0.3, -0.25) is 29.1 Å². The van der Waals surface area contributed by atoms with Gasteiger partial charge in [-0.05, 0) is 18.2 Å². The van der Waals surface area contributed by atoms with Crippen molar-refractivity contribution >= 4 is 34.8 Å². The number of benzene rings is 1. The minimum Gasteiger partial charge on any atom is -0.365 e. The molecule has 0 aliphatic rings. The van der Waals surface area contributed by atoms with Crippen LogP contribution in [0.4, 0.5) is 24.5 Å². The fourth-order valence-corrected chi connectivity index (χ4v) is 2.41. The van der Waals surface area contributed by atoms with Crippen molar-refractivity contribution in [2.75, 3.05) is 5.32 Å². The lowest BCUT2D eigenvalue weighted by Crippen LogP contribution is -2.33. The molecule has 0 spiro atoms. The maximum absolute atomic E-state index is 12.9. The van der Waals surface area contributed by atoms with Crippen LogP contribution in [0.15, 0.2) is 35.3 Å². The monoisotopic (exact) mass is 418 g/mol. The zero-order valence-electron chi connectivity index (χ0n) is 13.6. The fourth-order valence-electron chi connectivity index (χ4n) is 2.19. The molecular weight excluding hydrogens is 409 g/mol. The summed E-state index contributed by atoms with van der Waals surface area (Å²) < 4.78 is 39.1. The highest BCUT2D eigenvalue weighted by atomic mass is 35.5. The SMILES string of the molecule is NC(=O)c1cc([N+](=O)[O-])cn(CC(=O)Nc2ccc(Cl)c(C(F)(F)F)c2)c1=O. The number of nitro groups is 1. The van der Waals surface area contributed by atoms with E-state index in [0.717, 1.165) is 12.1 Å². The van der Waals surface area contributed by atoms with Gasteiger partial charge in [0.2, 0.25) is 5.91 Å². The van der Waals surface area contributed by atoms with Crippen LogP contribution < -0.4 is 16.6 Å². The average Bonchev–Trinajstić information content (AvgIpc) is 2.56. The van der Waals surface area contributed by atoms with E-state index in [1.165, 1.54) is 0 Å². The summed E-state index contributed by atoms with van der Waals surface area (Å²) in [5.41, 5.74) is 1.07. The van der Waals surface area contributed by atoms with Gasteiger partial charge in [-0.1, -0.05) is 11.6 Å². The number of aromatic nitrogens is 1. The Labute approximate surface area is 158 Å². The smallest absolute Gasteiger partial charge is 0.365 e. The Hall–Kier alpha value is -3.41. The van der Waals surface area contributed by atoms with Crippen molar-refractivity contribution in [3.63, 3.8) is 0 Å². The predicted molar refractivity (Wildman–Crippen MR) is 91.0 cm³/mol. The number of amides is 2. The molecule has 0 atom stereocenters. The van der Waals surface area contributed by atoms with Crippen LogP contribution in [0.25, 0.3) is 0 Å². The van der Waals surface area contributed by atoms with Crippen molar-refractivity contribution in [1.29, 1.82) is 0 Å². The summed E-state index contributed by atoms with van der Waals surface area (Å²) in [6.07, 6.45) is -4.05. The molecule has 13 heteroatoms. The van der Waals surface area contributed by atoms with Gasteiger partial charge in [-0.15, -0.1) is 0 Å². The van der Waals surface area contributed by atoms with Crippen LogP contribution in [0.1, 0.15) is 15.9 Å². The Bertz CT molecular complexity index is 1040. The molecule has 2 aromatic rings. The van der Waals surface area contributed by atoms with Crippen molar-refractivity contribution in [2.24, 2.45) is 5.73 Å². The fraction of sp³-hybridized carbons (Fsp3) is 0.133. The minimum atomic E-state index is -4.76. The third-order valence-electron chi connectivity index (χ3n) is 3.42. The van der Waals surface area contributed by atoms with Gasteiger partial charge in [0, 0.05) is 11.8 Å². The standard InChI is InChI=1S/C15H10ClF3N4O5/c16-11-2-1-7(3-10(11)15(17,18)19)21-12(24)6-22-5-8(23(27)28)4-9(13(20)25)14(22)26/h1-5H,6H2,(H2,20,25)(H,21,24). The van der Waals surface area contributed by atoms with Gasteiger partial charge in [-0.25, -0.2) is 0 Å².